The lowest BCUT2D eigenvalue weighted by Crippen LogP contribution is -2.36. The van der Waals surface area contributed by atoms with Crippen LogP contribution in [0.25, 0.3) is 0 Å². The second-order valence-corrected chi connectivity index (χ2v) is 9.40. The smallest absolute Gasteiger partial charge is 0.227 e. The SMILES string of the molecule is Cc1noc(C)c1CC(=O)N1C[C@@H]2CN(Cc3nccs3)C[C@@H]2[C@@H]1c1ccccc1. The van der Waals surface area contributed by atoms with Crippen LogP contribution in [0.2, 0.25) is 0 Å². The Kier molecular flexibility index (Phi) is 5.16. The van der Waals surface area contributed by atoms with Crippen molar-refractivity contribution in [1.29, 1.82) is 0 Å². The van der Waals surface area contributed by atoms with E-state index < -0.39 is 0 Å². The number of aryl methyl sites for hydroxylation is 2. The van der Waals surface area contributed by atoms with E-state index in [4.69, 9.17) is 4.52 Å². The van der Waals surface area contributed by atoms with Crippen LogP contribution in [0.4, 0.5) is 0 Å². The molecule has 3 atom stereocenters. The maximum Gasteiger partial charge on any atom is 0.227 e. The molecule has 0 radical (unpaired) electrons. The molecule has 2 fully saturated rings. The van der Waals surface area contributed by atoms with Crippen molar-refractivity contribution < 1.29 is 9.32 Å². The van der Waals surface area contributed by atoms with Crippen LogP contribution < -0.4 is 0 Å². The number of amides is 1. The highest BCUT2D eigenvalue weighted by molar-refractivity contribution is 7.09. The summed E-state index contributed by atoms with van der Waals surface area (Å²) in [7, 11) is 0. The minimum atomic E-state index is 0.116. The van der Waals surface area contributed by atoms with Gasteiger partial charge in [0.1, 0.15) is 10.8 Å². The molecule has 2 aliphatic rings. The third kappa shape index (κ3) is 3.56. The lowest BCUT2D eigenvalue weighted by molar-refractivity contribution is -0.132. The number of aromatic nitrogens is 2. The molecule has 1 amide bonds. The summed E-state index contributed by atoms with van der Waals surface area (Å²) in [4.78, 5) is 22.5. The van der Waals surface area contributed by atoms with E-state index in [0.29, 0.717) is 18.3 Å². The van der Waals surface area contributed by atoms with Crippen LogP contribution in [-0.2, 0) is 17.8 Å². The fourth-order valence-corrected chi connectivity index (χ4v) is 5.79. The van der Waals surface area contributed by atoms with Gasteiger partial charge in [0.15, 0.2) is 0 Å². The molecule has 3 aromatic rings. The highest BCUT2D eigenvalue weighted by atomic mass is 32.1. The molecule has 2 aromatic heterocycles. The Balaban J connectivity index is 1.38. The minimum absolute atomic E-state index is 0.116. The number of likely N-dealkylation sites (tertiary alicyclic amines) is 2. The van der Waals surface area contributed by atoms with Gasteiger partial charge in [0.25, 0.3) is 0 Å². The molecule has 0 unspecified atom stereocenters. The van der Waals surface area contributed by atoms with Gasteiger partial charge in [-0.15, -0.1) is 11.3 Å². The van der Waals surface area contributed by atoms with Crippen molar-refractivity contribution in [3.05, 3.63) is 69.5 Å². The normalized spacial score (nSPS) is 23.8. The van der Waals surface area contributed by atoms with E-state index >= 15 is 0 Å². The molecule has 0 bridgehead atoms. The van der Waals surface area contributed by atoms with Crippen molar-refractivity contribution in [2.24, 2.45) is 11.8 Å². The van der Waals surface area contributed by atoms with E-state index in [1.54, 1.807) is 11.3 Å². The van der Waals surface area contributed by atoms with Gasteiger partial charge in [-0.05, 0) is 25.3 Å². The topological polar surface area (TPSA) is 62.5 Å². The van der Waals surface area contributed by atoms with E-state index in [0.717, 1.165) is 48.2 Å². The molecule has 2 saturated heterocycles. The standard InChI is InChI=1S/C23H26N4O2S/c1-15-19(16(2)29-25-15)10-22(28)27-12-18-11-26(14-21-24-8-9-30-21)13-20(18)23(27)17-6-4-3-5-7-17/h3-9,18,20,23H,10-14H2,1-2H3/t18-,20-,23-/m0/s1. The van der Waals surface area contributed by atoms with Crippen LogP contribution >= 0.6 is 11.3 Å². The fraction of sp³-hybridized carbons (Fsp3) is 0.435. The molecule has 2 aliphatic heterocycles. The molecule has 0 saturated carbocycles. The lowest BCUT2D eigenvalue weighted by atomic mass is 9.89. The summed E-state index contributed by atoms with van der Waals surface area (Å²) in [6.07, 6.45) is 2.23. The van der Waals surface area contributed by atoms with Gasteiger partial charge in [0.2, 0.25) is 5.91 Å². The minimum Gasteiger partial charge on any atom is -0.361 e. The van der Waals surface area contributed by atoms with Gasteiger partial charge in [0.05, 0.1) is 24.7 Å². The molecular formula is C23H26N4O2S. The number of nitrogens with zero attached hydrogens (tertiary/aromatic N) is 4. The first-order chi connectivity index (χ1) is 14.6. The number of hydrogen-bond acceptors (Lipinski definition) is 6. The molecule has 7 heteroatoms. The summed E-state index contributed by atoms with van der Waals surface area (Å²) in [5.74, 6) is 1.84. The van der Waals surface area contributed by atoms with Crippen molar-refractivity contribution in [3.8, 4) is 0 Å². The van der Waals surface area contributed by atoms with Gasteiger partial charge >= 0.3 is 0 Å². The molecule has 0 spiro atoms. The largest absolute Gasteiger partial charge is 0.361 e. The third-order valence-corrected chi connectivity index (χ3v) is 7.32. The van der Waals surface area contributed by atoms with Crippen molar-refractivity contribution in [2.45, 2.75) is 32.9 Å². The summed E-state index contributed by atoms with van der Waals surface area (Å²) in [5.41, 5.74) is 2.97. The maximum atomic E-state index is 13.4. The summed E-state index contributed by atoms with van der Waals surface area (Å²) in [6, 6.07) is 10.6. The van der Waals surface area contributed by atoms with Gasteiger partial charge in [-0.1, -0.05) is 35.5 Å². The first-order valence-corrected chi connectivity index (χ1v) is 11.3. The van der Waals surface area contributed by atoms with Gasteiger partial charge in [-0.25, -0.2) is 4.98 Å². The average molecular weight is 423 g/mol. The summed E-state index contributed by atoms with van der Waals surface area (Å²) in [6.45, 7) is 7.51. The van der Waals surface area contributed by atoms with Crippen LogP contribution in [0, 0.1) is 25.7 Å². The Morgan fingerprint density at radius 1 is 1.20 bits per heavy atom. The van der Waals surface area contributed by atoms with E-state index in [1.165, 1.54) is 5.56 Å². The van der Waals surface area contributed by atoms with E-state index in [9.17, 15) is 4.79 Å². The molecular weight excluding hydrogens is 396 g/mol. The number of hydrogen-bond donors (Lipinski definition) is 0. The highest BCUT2D eigenvalue weighted by Gasteiger charge is 2.49. The van der Waals surface area contributed by atoms with E-state index in [2.05, 4.69) is 44.2 Å². The zero-order chi connectivity index (χ0) is 20.7. The molecule has 5 rings (SSSR count). The van der Waals surface area contributed by atoms with Crippen LogP contribution in [0.3, 0.4) is 0 Å². The number of carbonyl (C=O) groups excluding carboxylic acids is 1. The van der Waals surface area contributed by atoms with E-state index in [-0.39, 0.29) is 11.9 Å². The number of thiazole rings is 1. The van der Waals surface area contributed by atoms with Crippen molar-refractivity contribution in [3.63, 3.8) is 0 Å². The van der Waals surface area contributed by atoms with Crippen molar-refractivity contribution in [2.75, 3.05) is 19.6 Å². The van der Waals surface area contributed by atoms with Crippen LogP contribution in [0.15, 0.2) is 46.4 Å². The Morgan fingerprint density at radius 3 is 2.73 bits per heavy atom. The highest BCUT2D eigenvalue weighted by Crippen LogP contribution is 2.45. The summed E-state index contributed by atoms with van der Waals surface area (Å²) < 4.78 is 5.28. The van der Waals surface area contributed by atoms with Crippen LogP contribution in [-0.4, -0.2) is 45.5 Å². The first-order valence-electron chi connectivity index (χ1n) is 10.5. The lowest BCUT2D eigenvalue weighted by Gasteiger charge is -2.30. The molecule has 4 heterocycles. The Bertz CT molecular complexity index is 998. The molecule has 0 aliphatic carbocycles. The van der Waals surface area contributed by atoms with Gasteiger partial charge < -0.3 is 9.42 Å². The summed E-state index contributed by atoms with van der Waals surface area (Å²) >= 11 is 1.71. The number of fused-ring (bicyclic) bond motifs is 1. The Morgan fingerprint density at radius 2 is 2.03 bits per heavy atom. The number of carbonyl (C=O) groups is 1. The predicted octanol–water partition coefficient (Wildman–Crippen LogP) is 3.62. The van der Waals surface area contributed by atoms with Crippen LogP contribution in [0.5, 0.6) is 0 Å². The molecule has 1 aromatic carbocycles. The van der Waals surface area contributed by atoms with Crippen LogP contribution in [0.1, 0.15) is 33.6 Å². The Labute approximate surface area is 180 Å². The third-order valence-electron chi connectivity index (χ3n) is 6.55. The number of rotatable bonds is 5. The molecule has 6 nitrogen and oxygen atoms in total. The monoisotopic (exact) mass is 422 g/mol. The van der Waals surface area contributed by atoms with Gasteiger partial charge in [-0.2, -0.15) is 0 Å². The quantitative estimate of drug-likeness (QED) is 0.628. The van der Waals surface area contributed by atoms with Crippen molar-refractivity contribution in [1.82, 2.24) is 19.9 Å². The molecule has 156 valence electrons. The van der Waals surface area contributed by atoms with Gasteiger partial charge in [-0.3, -0.25) is 9.69 Å². The Hall–Kier alpha value is -2.51. The maximum absolute atomic E-state index is 13.4. The number of benzene rings is 1. The van der Waals surface area contributed by atoms with Crippen molar-refractivity contribution >= 4 is 17.2 Å². The zero-order valence-electron chi connectivity index (χ0n) is 17.3. The first kappa shape index (κ1) is 19.5. The second-order valence-electron chi connectivity index (χ2n) is 8.42. The fourth-order valence-electron chi connectivity index (χ4n) is 5.13. The summed E-state index contributed by atoms with van der Waals surface area (Å²) in [5, 5.41) is 7.22. The average Bonchev–Trinajstić information content (AvgIpc) is 3.51. The predicted molar refractivity (Wildman–Crippen MR) is 115 cm³/mol. The molecule has 30 heavy (non-hydrogen) atoms. The molecule has 0 N–H and O–H groups in total. The van der Waals surface area contributed by atoms with Gasteiger partial charge in [0, 0.05) is 42.7 Å². The van der Waals surface area contributed by atoms with E-state index in [1.807, 2.05) is 31.5 Å². The second kappa shape index (κ2) is 7.96. The zero-order valence-corrected chi connectivity index (χ0v) is 18.1.